The molecule has 34 heavy (non-hydrogen) atoms. The van der Waals surface area contributed by atoms with Gasteiger partial charge in [-0.05, 0) is 60.5 Å². The molecular formula is C28H24N6. The fourth-order valence-electron chi connectivity index (χ4n) is 3.73. The Morgan fingerprint density at radius 2 is 1.88 bits per heavy atom. The summed E-state index contributed by atoms with van der Waals surface area (Å²) in [6.45, 7) is 6.07. The van der Waals surface area contributed by atoms with E-state index in [2.05, 4.69) is 61.3 Å². The van der Waals surface area contributed by atoms with Crippen molar-refractivity contribution in [3.05, 3.63) is 116 Å². The molecule has 0 fully saturated rings. The number of fused-ring (bicyclic) bond motifs is 1. The summed E-state index contributed by atoms with van der Waals surface area (Å²) in [5.41, 5.74) is 9.05. The quantitative estimate of drug-likeness (QED) is 0.196. The van der Waals surface area contributed by atoms with Crippen LogP contribution in [0.25, 0.3) is 33.3 Å². The third kappa shape index (κ3) is 4.71. The molecule has 0 spiro atoms. The fraction of sp³-hybridized carbons (Fsp3) is 0.0357. The Morgan fingerprint density at radius 1 is 1.00 bits per heavy atom. The zero-order valence-electron chi connectivity index (χ0n) is 18.8. The first-order valence-electron chi connectivity index (χ1n) is 11.0. The zero-order valence-corrected chi connectivity index (χ0v) is 18.8. The van der Waals surface area contributed by atoms with Gasteiger partial charge in [-0.2, -0.15) is 5.10 Å². The van der Waals surface area contributed by atoms with E-state index >= 15 is 0 Å². The first-order valence-corrected chi connectivity index (χ1v) is 11.0. The molecule has 6 heteroatoms. The molecule has 5 rings (SSSR count). The summed E-state index contributed by atoms with van der Waals surface area (Å²) in [4.78, 5) is 12.3. The van der Waals surface area contributed by atoms with Crippen LogP contribution in [0.5, 0.6) is 0 Å². The van der Waals surface area contributed by atoms with Crippen LogP contribution in [-0.2, 0) is 0 Å². The predicted octanol–water partition coefficient (Wildman–Crippen LogP) is 6.57. The van der Waals surface area contributed by atoms with E-state index in [1.165, 1.54) is 0 Å². The van der Waals surface area contributed by atoms with Crippen molar-refractivity contribution < 1.29 is 0 Å². The Labute approximate surface area is 197 Å². The molecule has 0 amide bonds. The molecule has 0 bridgehead atoms. The van der Waals surface area contributed by atoms with E-state index in [4.69, 9.17) is 0 Å². The smallest absolute Gasteiger partial charge is 0.0565 e. The third-order valence-electron chi connectivity index (χ3n) is 5.58. The number of aliphatic imine (C=N–C) groups is 1. The topological polar surface area (TPSA) is 81.8 Å². The van der Waals surface area contributed by atoms with Gasteiger partial charge in [0.15, 0.2) is 0 Å². The van der Waals surface area contributed by atoms with Gasteiger partial charge < -0.3 is 10.3 Å². The molecule has 0 aliphatic carbocycles. The van der Waals surface area contributed by atoms with Gasteiger partial charge in [-0.1, -0.05) is 30.8 Å². The van der Waals surface area contributed by atoms with Gasteiger partial charge in [-0.25, -0.2) is 0 Å². The lowest BCUT2D eigenvalue weighted by Crippen LogP contribution is -1.95. The van der Waals surface area contributed by atoms with Crippen LogP contribution in [0.1, 0.15) is 12.5 Å². The molecule has 2 aromatic carbocycles. The number of pyridine rings is 1. The van der Waals surface area contributed by atoms with E-state index in [1.54, 1.807) is 18.6 Å². The summed E-state index contributed by atoms with van der Waals surface area (Å²) >= 11 is 0. The van der Waals surface area contributed by atoms with Gasteiger partial charge in [-0.3, -0.25) is 15.1 Å². The Kier molecular flexibility index (Phi) is 5.86. The highest BCUT2D eigenvalue weighted by Crippen LogP contribution is 2.25. The Hall–Kier alpha value is -4.71. The predicted molar refractivity (Wildman–Crippen MR) is 140 cm³/mol. The van der Waals surface area contributed by atoms with E-state index in [0.717, 1.165) is 55.9 Å². The summed E-state index contributed by atoms with van der Waals surface area (Å²) in [7, 11) is 0. The monoisotopic (exact) mass is 444 g/mol. The van der Waals surface area contributed by atoms with Crippen molar-refractivity contribution in [1.29, 1.82) is 0 Å². The number of aromatic amines is 2. The fourth-order valence-corrected chi connectivity index (χ4v) is 3.73. The summed E-state index contributed by atoms with van der Waals surface area (Å²) in [5, 5.41) is 11.3. The summed E-state index contributed by atoms with van der Waals surface area (Å²) in [6, 6.07) is 20.6. The van der Waals surface area contributed by atoms with Crippen LogP contribution >= 0.6 is 0 Å². The maximum absolute atomic E-state index is 4.60. The van der Waals surface area contributed by atoms with Crippen LogP contribution in [0, 0.1) is 0 Å². The van der Waals surface area contributed by atoms with E-state index in [1.807, 2.05) is 61.8 Å². The molecule has 5 aromatic rings. The average molecular weight is 445 g/mol. The maximum atomic E-state index is 4.60. The lowest BCUT2D eigenvalue weighted by Gasteiger charge is -2.06. The van der Waals surface area contributed by atoms with Crippen LogP contribution in [0.3, 0.4) is 0 Å². The highest BCUT2D eigenvalue weighted by atomic mass is 15.1. The first-order chi connectivity index (χ1) is 16.7. The van der Waals surface area contributed by atoms with Crippen molar-refractivity contribution in [1.82, 2.24) is 20.2 Å². The molecule has 6 nitrogen and oxygen atoms in total. The highest BCUT2D eigenvalue weighted by molar-refractivity contribution is 6.02. The van der Waals surface area contributed by atoms with Crippen LogP contribution in [0.15, 0.2) is 115 Å². The molecule has 0 atom stereocenters. The summed E-state index contributed by atoms with van der Waals surface area (Å²) < 4.78 is 0. The lowest BCUT2D eigenvalue weighted by molar-refractivity contribution is 1.09. The minimum Gasteiger partial charge on any atom is -0.356 e. The number of nitrogens with one attached hydrogen (secondary N) is 3. The Morgan fingerprint density at radius 3 is 2.65 bits per heavy atom. The van der Waals surface area contributed by atoms with Gasteiger partial charge in [0.05, 0.1) is 6.20 Å². The summed E-state index contributed by atoms with van der Waals surface area (Å²) in [6.07, 6.45) is 10.9. The van der Waals surface area contributed by atoms with Crippen molar-refractivity contribution in [2.75, 3.05) is 5.32 Å². The van der Waals surface area contributed by atoms with E-state index in [0.29, 0.717) is 0 Å². The molecule has 0 aliphatic heterocycles. The second-order valence-electron chi connectivity index (χ2n) is 7.97. The molecule has 3 aromatic heterocycles. The molecule has 0 radical (unpaired) electrons. The molecule has 166 valence electrons. The second kappa shape index (κ2) is 9.42. The van der Waals surface area contributed by atoms with Crippen molar-refractivity contribution in [2.24, 2.45) is 4.99 Å². The van der Waals surface area contributed by atoms with Gasteiger partial charge >= 0.3 is 0 Å². The minimum atomic E-state index is 0.758. The van der Waals surface area contributed by atoms with Crippen molar-refractivity contribution >= 4 is 22.3 Å². The van der Waals surface area contributed by atoms with Gasteiger partial charge in [0.25, 0.3) is 0 Å². The van der Waals surface area contributed by atoms with Crippen molar-refractivity contribution in [2.45, 2.75) is 6.92 Å². The molecule has 0 saturated carbocycles. The largest absolute Gasteiger partial charge is 0.356 e. The van der Waals surface area contributed by atoms with Gasteiger partial charge in [-0.15, -0.1) is 0 Å². The highest BCUT2D eigenvalue weighted by Gasteiger charge is 2.05. The number of aromatic nitrogens is 4. The Bertz CT molecular complexity index is 1470. The van der Waals surface area contributed by atoms with Crippen molar-refractivity contribution in [3.8, 4) is 22.4 Å². The van der Waals surface area contributed by atoms with Crippen molar-refractivity contribution in [3.63, 3.8) is 0 Å². The average Bonchev–Trinajstić information content (AvgIpc) is 3.55. The molecule has 0 aliphatic rings. The van der Waals surface area contributed by atoms with Gasteiger partial charge in [0.2, 0.25) is 0 Å². The van der Waals surface area contributed by atoms with Crippen LogP contribution in [0.2, 0.25) is 0 Å². The van der Waals surface area contributed by atoms with E-state index < -0.39 is 0 Å². The summed E-state index contributed by atoms with van der Waals surface area (Å²) in [5.74, 6) is 0. The number of rotatable bonds is 7. The molecule has 0 unspecified atom stereocenters. The Balaban J connectivity index is 1.24. The lowest BCUT2D eigenvalue weighted by atomic mass is 10.1. The number of hydrogen-bond donors (Lipinski definition) is 3. The number of anilines is 1. The standard InChI is InChI=1S/C28H24N6/c1-19(33-26-9-7-21(8-10-26)25-17-31-32-18-25)11-13-30-20(2)22-5-6-23-15-28(34-27(23)14-22)24-4-3-12-29-16-24/h3-18,33-34H,1H2,2H3,(H,31,32)/b13-11-,30-20?. The number of benzene rings is 2. The van der Waals surface area contributed by atoms with Crippen LogP contribution in [0.4, 0.5) is 5.69 Å². The molecule has 3 N–H and O–H groups in total. The number of nitrogens with zero attached hydrogens (tertiary/aromatic N) is 3. The zero-order chi connectivity index (χ0) is 23.3. The van der Waals surface area contributed by atoms with Crippen LogP contribution in [-0.4, -0.2) is 25.9 Å². The van der Waals surface area contributed by atoms with E-state index in [9.17, 15) is 0 Å². The number of hydrogen-bond acceptors (Lipinski definition) is 4. The maximum Gasteiger partial charge on any atom is 0.0565 e. The first kappa shape index (κ1) is 21.2. The van der Waals surface area contributed by atoms with Crippen LogP contribution < -0.4 is 5.32 Å². The molecular weight excluding hydrogens is 420 g/mol. The SMILES string of the molecule is C=C(/C=C\N=C(C)c1ccc2cc(-c3cccnc3)[nH]c2c1)Nc1ccc(-c2cn[nH]c2)cc1. The normalized spacial score (nSPS) is 11.9. The molecule has 3 heterocycles. The number of H-pyrrole nitrogens is 2. The van der Waals surface area contributed by atoms with E-state index in [-0.39, 0.29) is 0 Å². The second-order valence-corrected chi connectivity index (χ2v) is 7.97. The van der Waals surface area contributed by atoms with Gasteiger partial charge in [0, 0.05) is 69.6 Å². The number of allylic oxidation sites excluding steroid dienone is 1. The third-order valence-corrected chi connectivity index (χ3v) is 5.58. The molecule has 0 saturated heterocycles. The minimum absolute atomic E-state index is 0.758. The van der Waals surface area contributed by atoms with Gasteiger partial charge in [0.1, 0.15) is 0 Å².